The third-order valence-corrected chi connectivity index (χ3v) is 5.51. The SMILES string of the molecule is Nc1c(Cl)noc1C1C2CC3CC(C2)CC1C3. The van der Waals surface area contributed by atoms with Crippen LogP contribution in [0.1, 0.15) is 43.8 Å². The lowest BCUT2D eigenvalue weighted by Crippen LogP contribution is -2.43. The molecule has 4 aliphatic carbocycles. The molecule has 0 aliphatic heterocycles. The maximum absolute atomic E-state index is 5.99. The number of rotatable bonds is 1. The largest absolute Gasteiger partial charge is 0.393 e. The molecule has 4 heteroatoms. The van der Waals surface area contributed by atoms with Crippen LogP contribution in [0.15, 0.2) is 4.52 Å². The fourth-order valence-electron chi connectivity index (χ4n) is 4.88. The second-order valence-electron chi connectivity index (χ2n) is 6.21. The van der Waals surface area contributed by atoms with E-state index < -0.39 is 0 Å². The number of anilines is 1. The first kappa shape index (κ1) is 10.2. The predicted molar refractivity (Wildman–Crippen MR) is 65.7 cm³/mol. The summed E-state index contributed by atoms with van der Waals surface area (Å²) in [4.78, 5) is 0. The molecule has 1 aromatic rings. The van der Waals surface area contributed by atoms with Crippen molar-refractivity contribution in [2.75, 3.05) is 5.73 Å². The molecule has 0 amide bonds. The van der Waals surface area contributed by atoms with Crippen LogP contribution >= 0.6 is 11.6 Å². The van der Waals surface area contributed by atoms with Crippen LogP contribution in [-0.4, -0.2) is 5.16 Å². The van der Waals surface area contributed by atoms with Gasteiger partial charge in [0.25, 0.3) is 0 Å². The van der Waals surface area contributed by atoms with Gasteiger partial charge in [-0.15, -0.1) is 0 Å². The van der Waals surface area contributed by atoms with Crippen molar-refractivity contribution in [3.8, 4) is 0 Å². The molecule has 4 fully saturated rings. The molecular weight excluding hydrogens is 236 g/mol. The van der Waals surface area contributed by atoms with Crippen LogP contribution in [0.5, 0.6) is 0 Å². The average molecular weight is 253 g/mol. The van der Waals surface area contributed by atoms with E-state index >= 15 is 0 Å². The van der Waals surface area contributed by atoms with E-state index in [4.69, 9.17) is 21.9 Å². The summed E-state index contributed by atoms with van der Waals surface area (Å²) in [6.45, 7) is 0. The molecule has 0 spiro atoms. The van der Waals surface area contributed by atoms with Crippen LogP contribution < -0.4 is 5.73 Å². The summed E-state index contributed by atoms with van der Waals surface area (Å²) in [5, 5.41) is 4.16. The Kier molecular flexibility index (Phi) is 2.05. The first-order valence-electron chi connectivity index (χ1n) is 6.63. The smallest absolute Gasteiger partial charge is 0.195 e. The number of hydrogen-bond acceptors (Lipinski definition) is 3. The molecule has 0 saturated heterocycles. The van der Waals surface area contributed by atoms with Crippen molar-refractivity contribution in [3.63, 3.8) is 0 Å². The molecule has 17 heavy (non-hydrogen) atoms. The molecule has 1 aromatic heterocycles. The van der Waals surface area contributed by atoms with E-state index in [0.717, 1.165) is 29.4 Å². The highest BCUT2D eigenvalue weighted by atomic mass is 35.5. The van der Waals surface area contributed by atoms with Crippen LogP contribution in [-0.2, 0) is 0 Å². The standard InChI is InChI=1S/C13H17ClN2O/c14-13-11(15)12(17-16-13)10-8-2-6-1-7(4-8)5-9(10)3-6/h6-10H,1-5,15H2. The minimum Gasteiger partial charge on any atom is -0.393 e. The van der Waals surface area contributed by atoms with Crippen LogP contribution in [0.4, 0.5) is 5.69 Å². The Hall–Kier alpha value is -0.700. The van der Waals surface area contributed by atoms with Crippen molar-refractivity contribution in [3.05, 3.63) is 10.9 Å². The predicted octanol–water partition coefficient (Wildman–Crippen LogP) is 3.45. The average Bonchev–Trinajstić information content (AvgIpc) is 2.60. The zero-order valence-corrected chi connectivity index (χ0v) is 10.5. The Morgan fingerprint density at radius 1 is 1.06 bits per heavy atom. The first-order chi connectivity index (χ1) is 8.22. The molecule has 2 N–H and O–H groups in total. The van der Waals surface area contributed by atoms with Gasteiger partial charge in [0.05, 0.1) is 0 Å². The lowest BCUT2D eigenvalue weighted by molar-refractivity contribution is -0.0110. The molecule has 4 aliphatic rings. The zero-order chi connectivity index (χ0) is 11.6. The Morgan fingerprint density at radius 2 is 1.65 bits per heavy atom. The zero-order valence-electron chi connectivity index (χ0n) is 9.73. The summed E-state index contributed by atoms with van der Waals surface area (Å²) in [6, 6.07) is 0. The number of nitrogens with zero attached hydrogens (tertiary/aromatic N) is 1. The van der Waals surface area contributed by atoms with Crippen LogP contribution in [0.2, 0.25) is 5.15 Å². The van der Waals surface area contributed by atoms with Gasteiger partial charge in [-0.3, -0.25) is 0 Å². The van der Waals surface area contributed by atoms with Gasteiger partial charge in [-0.05, 0) is 55.8 Å². The quantitative estimate of drug-likeness (QED) is 0.833. The molecule has 0 atom stereocenters. The molecule has 92 valence electrons. The van der Waals surface area contributed by atoms with E-state index in [1.54, 1.807) is 0 Å². The van der Waals surface area contributed by atoms with Gasteiger partial charge in [0.15, 0.2) is 10.9 Å². The maximum atomic E-state index is 5.99. The number of halogens is 1. The van der Waals surface area contributed by atoms with E-state index in [2.05, 4.69) is 5.16 Å². The van der Waals surface area contributed by atoms with Gasteiger partial charge < -0.3 is 10.3 Å². The van der Waals surface area contributed by atoms with Crippen LogP contribution in [0.3, 0.4) is 0 Å². The highest BCUT2D eigenvalue weighted by Crippen LogP contribution is 2.60. The van der Waals surface area contributed by atoms with Gasteiger partial charge in [0, 0.05) is 5.92 Å². The minimum absolute atomic E-state index is 0.341. The normalized spacial score (nSPS) is 43.2. The Labute approximate surface area is 106 Å². The Balaban J connectivity index is 1.73. The third-order valence-electron chi connectivity index (χ3n) is 5.24. The second-order valence-corrected chi connectivity index (χ2v) is 6.57. The van der Waals surface area contributed by atoms with Gasteiger partial charge in [-0.2, -0.15) is 0 Å². The maximum Gasteiger partial charge on any atom is 0.195 e. The summed E-state index contributed by atoms with van der Waals surface area (Å²) in [5.41, 5.74) is 6.58. The molecule has 4 saturated carbocycles. The van der Waals surface area contributed by atoms with E-state index in [-0.39, 0.29) is 0 Å². The van der Waals surface area contributed by atoms with Gasteiger partial charge in [-0.1, -0.05) is 16.8 Å². The molecule has 3 nitrogen and oxygen atoms in total. The summed E-state index contributed by atoms with van der Waals surface area (Å²) < 4.78 is 5.41. The molecular formula is C13H17ClN2O. The Bertz CT molecular complexity index is 428. The van der Waals surface area contributed by atoms with Crippen molar-refractivity contribution in [2.24, 2.45) is 23.7 Å². The van der Waals surface area contributed by atoms with Gasteiger partial charge >= 0.3 is 0 Å². The van der Waals surface area contributed by atoms with E-state index in [1.165, 1.54) is 32.1 Å². The fraction of sp³-hybridized carbons (Fsp3) is 0.769. The lowest BCUT2D eigenvalue weighted by atomic mass is 9.51. The van der Waals surface area contributed by atoms with Gasteiger partial charge in [0.2, 0.25) is 0 Å². The van der Waals surface area contributed by atoms with Gasteiger partial charge in [0.1, 0.15) is 5.69 Å². The molecule has 0 unspecified atom stereocenters. The number of nitrogen functional groups attached to an aromatic ring is 1. The molecule has 5 rings (SSSR count). The van der Waals surface area contributed by atoms with Crippen molar-refractivity contribution < 1.29 is 4.52 Å². The lowest BCUT2D eigenvalue weighted by Gasteiger charge is -2.53. The fourth-order valence-corrected chi connectivity index (χ4v) is 5.01. The molecule has 4 bridgehead atoms. The molecule has 1 heterocycles. The summed E-state index contributed by atoms with van der Waals surface area (Å²) in [5.74, 6) is 4.82. The number of aromatic nitrogens is 1. The molecule has 0 aromatic carbocycles. The highest BCUT2D eigenvalue weighted by Gasteiger charge is 2.50. The van der Waals surface area contributed by atoms with Crippen molar-refractivity contribution in [2.45, 2.75) is 38.0 Å². The van der Waals surface area contributed by atoms with Crippen molar-refractivity contribution in [1.82, 2.24) is 5.16 Å². The second kappa shape index (κ2) is 3.41. The van der Waals surface area contributed by atoms with Gasteiger partial charge in [-0.25, -0.2) is 0 Å². The minimum atomic E-state index is 0.341. The van der Waals surface area contributed by atoms with Crippen molar-refractivity contribution in [1.29, 1.82) is 0 Å². The third kappa shape index (κ3) is 1.38. The monoisotopic (exact) mass is 252 g/mol. The summed E-state index contributed by atoms with van der Waals surface area (Å²) in [7, 11) is 0. The number of hydrogen-bond donors (Lipinski definition) is 1. The Morgan fingerprint density at radius 3 is 2.12 bits per heavy atom. The van der Waals surface area contributed by atoms with Crippen molar-refractivity contribution >= 4 is 17.3 Å². The van der Waals surface area contributed by atoms with E-state index in [0.29, 0.717) is 16.8 Å². The van der Waals surface area contributed by atoms with Crippen LogP contribution in [0.25, 0.3) is 0 Å². The topological polar surface area (TPSA) is 52.0 Å². The van der Waals surface area contributed by atoms with E-state index in [9.17, 15) is 0 Å². The highest BCUT2D eigenvalue weighted by molar-refractivity contribution is 6.31. The van der Waals surface area contributed by atoms with E-state index in [1.807, 2.05) is 0 Å². The number of nitrogens with two attached hydrogens (primary N) is 1. The first-order valence-corrected chi connectivity index (χ1v) is 7.00. The summed E-state index contributed by atoms with van der Waals surface area (Å²) in [6.07, 6.45) is 6.89. The summed E-state index contributed by atoms with van der Waals surface area (Å²) >= 11 is 5.91. The van der Waals surface area contributed by atoms with Crippen LogP contribution in [0, 0.1) is 23.7 Å². The molecule has 0 radical (unpaired) electrons.